The first-order valence-electron chi connectivity index (χ1n) is 9.88. The molecule has 3 aromatic carbocycles. The number of methoxy groups -OCH3 is 2. The fraction of sp³-hybridized carbons (Fsp3) is 0.120. The molecule has 4 rings (SSSR count). The van der Waals surface area contributed by atoms with E-state index in [9.17, 15) is 9.59 Å². The highest BCUT2D eigenvalue weighted by atomic mass is 35.5. The van der Waals surface area contributed by atoms with E-state index in [4.69, 9.17) is 21.1 Å². The Morgan fingerprint density at radius 3 is 2.22 bits per heavy atom. The zero-order valence-electron chi connectivity index (χ0n) is 17.8. The van der Waals surface area contributed by atoms with Crippen molar-refractivity contribution in [1.82, 2.24) is 0 Å². The monoisotopic (exact) mass is 448 g/mol. The Hall–Kier alpha value is -3.77. The van der Waals surface area contributed by atoms with Crippen LogP contribution in [-0.2, 0) is 9.59 Å². The van der Waals surface area contributed by atoms with Crippen molar-refractivity contribution < 1.29 is 19.1 Å². The number of carbonyl (C=O) groups excluding carboxylic acids is 2. The van der Waals surface area contributed by atoms with E-state index in [1.54, 1.807) is 36.4 Å². The molecule has 0 bridgehead atoms. The van der Waals surface area contributed by atoms with Gasteiger partial charge in [0.05, 0.1) is 25.5 Å². The minimum Gasteiger partial charge on any atom is -0.493 e. The van der Waals surface area contributed by atoms with E-state index in [0.29, 0.717) is 33.5 Å². The third-order valence-electron chi connectivity index (χ3n) is 5.21. The van der Waals surface area contributed by atoms with Crippen LogP contribution in [0.4, 0.5) is 11.4 Å². The summed E-state index contributed by atoms with van der Waals surface area (Å²) in [6, 6.07) is 19.4. The number of anilines is 2. The molecular formula is C25H21ClN2O4. The Morgan fingerprint density at radius 2 is 1.56 bits per heavy atom. The standard InChI is InChI=1S/C25H21ClN2O4/c1-15-9-10-17(13-19(15)26)27-23-22(16-7-5-4-6-8-16)24(29)28(25(23)30)18-11-12-20(31-2)21(14-18)32-3/h4-14,27H,1-3H3. The Kier molecular flexibility index (Phi) is 5.88. The van der Waals surface area contributed by atoms with Gasteiger partial charge in [-0.2, -0.15) is 0 Å². The minimum atomic E-state index is -0.474. The van der Waals surface area contributed by atoms with Crippen LogP contribution in [0.25, 0.3) is 5.57 Å². The van der Waals surface area contributed by atoms with Gasteiger partial charge in [0.25, 0.3) is 11.8 Å². The summed E-state index contributed by atoms with van der Waals surface area (Å²) in [6.45, 7) is 1.89. The predicted molar refractivity (Wildman–Crippen MR) is 125 cm³/mol. The van der Waals surface area contributed by atoms with Gasteiger partial charge in [-0.3, -0.25) is 9.59 Å². The second-order valence-electron chi connectivity index (χ2n) is 7.19. The number of imide groups is 1. The van der Waals surface area contributed by atoms with E-state index in [2.05, 4.69) is 5.32 Å². The normalized spacial score (nSPS) is 13.6. The summed E-state index contributed by atoms with van der Waals surface area (Å²) in [5.74, 6) is 0.00437. The highest BCUT2D eigenvalue weighted by Gasteiger charge is 2.40. The molecule has 3 aromatic rings. The Morgan fingerprint density at radius 1 is 0.844 bits per heavy atom. The number of nitrogens with one attached hydrogen (secondary N) is 1. The van der Waals surface area contributed by atoms with Crippen LogP contribution >= 0.6 is 11.6 Å². The molecule has 0 saturated heterocycles. The van der Waals surface area contributed by atoms with Gasteiger partial charge in [0.2, 0.25) is 0 Å². The van der Waals surface area contributed by atoms with Crippen LogP contribution in [0.5, 0.6) is 11.5 Å². The third-order valence-corrected chi connectivity index (χ3v) is 5.62. The Balaban J connectivity index is 1.81. The number of hydrogen-bond acceptors (Lipinski definition) is 5. The van der Waals surface area contributed by atoms with Crippen molar-refractivity contribution in [2.75, 3.05) is 24.4 Å². The number of ether oxygens (including phenoxy) is 2. The average Bonchev–Trinajstić information content (AvgIpc) is 3.05. The first kappa shape index (κ1) is 21.5. The van der Waals surface area contributed by atoms with Gasteiger partial charge in [0.1, 0.15) is 5.70 Å². The summed E-state index contributed by atoms with van der Waals surface area (Å²) in [4.78, 5) is 28.1. The SMILES string of the molecule is COc1ccc(N2C(=O)C(Nc3ccc(C)c(Cl)c3)=C(c3ccccc3)C2=O)cc1OC. The summed E-state index contributed by atoms with van der Waals surface area (Å²) < 4.78 is 10.6. The number of halogens is 1. The number of benzene rings is 3. The molecule has 0 atom stereocenters. The highest BCUT2D eigenvalue weighted by molar-refractivity contribution is 6.46. The van der Waals surface area contributed by atoms with Gasteiger partial charge in [-0.15, -0.1) is 0 Å². The van der Waals surface area contributed by atoms with Crippen LogP contribution in [0.2, 0.25) is 5.02 Å². The fourth-order valence-corrected chi connectivity index (χ4v) is 3.71. The molecule has 162 valence electrons. The Bertz CT molecular complexity index is 1240. The van der Waals surface area contributed by atoms with Crippen molar-refractivity contribution in [3.63, 3.8) is 0 Å². The maximum Gasteiger partial charge on any atom is 0.282 e. The molecule has 0 fully saturated rings. The molecule has 1 N–H and O–H groups in total. The average molecular weight is 449 g/mol. The lowest BCUT2D eigenvalue weighted by atomic mass is 10.0. The van der Waals surface area contributed by atoms with Crippen LogP contribution < -0.4 is 19.7 Å². The van der Waals surface area contributed by atoms with Crippen LogP contribution in [0.15, 0.2) is 72.4 Å². The molecule has 0 aromatic heterocycles. The zero-order valence-corrected chi connectivity index (χ0v) is 18.6. The van der Waals surface area contributed by atoms with Crippen molar-refractivity contribution in [1.29, 1.82) is 0 Å². The van der Waals surface area contributed by atoms with Gasteiger partial charge in [-0.1, -0.05) is 48.0 Å². The lowest BCUT2D eigenvalue weighted by molar-refractivity contribution is -0.120. The molecule has 0 spiro atoms. The van der Waals surface area contributed by atoms with E-state index in [1.165, 1.54) is 14.2 Å². The molecule has 7 heteroatoms. The van der Waals surface area contributed by atoms with Crippen molar-refractivity contribution in [2.45, 2.75) is 6.92 Å². The number of nitrogens with zero attached hydrogens (tertiary/aromatic N) is 1. The second-order valence-corrected chi connectivity index (χ2v) is 7.60. The third kappa shape index (κ3) is 3.81. The summed E-state index contributed by atoms with van der Waals surface area (Å²) in [6.07, 6.45) is 0. The second kappa shape index (κ2) is 8.77. The van der Waals surface area contributed by atoms with Crippen molar-refractivity contribution in [3.05, 3.63) is 88.6 Å². The molecular weight excluding hydrogens is 428 g/mol. The first-order valence-corrected chi connectivity index (χ1v) is 10.3. The highest BCUT2D eigenvalue weighted by Crippen LogP contribution is 2.37. The molecule has 0 saturated carbocycles. The number of aryl methyl sites for hydroxylation is 1. The van der Waals surface area contributed by atoms with Crippen LogP contribution in [0.3, 0.4) is 0 Å². The van der Waals surface area contributed by atoms with Crippen LogP contribution in [-0.4, -0.2) is 26.0 Å². The quantitative estimate of drug-likeness (QED) is 0.534. The summed E-state index contributed by atoms with van der Waals surface area (Å²) >= 11 is 6.26. The molecule has 1 aliphatic rings. The zero-order chi connectivity index (χ0) is 22.8. The van der Waals surface area contributed by atoms with E-state index in [-0.39, 0.29) is 11.3 Å². The van der Waals surface area contributed by atoms with Crippen molar-refractivity contribution in [2.24, 2.45) is 0 Å². The van der Waals surface area contributed by atoms with E-state index in [0.717, 1.165) is 10.5 Å². The Labute approximate surface area is 191 Å². The van der Waals surface area contributed by atoms with Gasteiger partial charge in [0, 0.05) is 16.8 Å². The summed E-state index contributed by atoms with van der Waals surface area (Å²) in [5, 5.41) is 3.68. The largest absolute Gasteiger partial charge is 0.493 e. The van der Waals surface area contributed by atoms with E-state index < -0.39 is 11.8 Å². The topological polar surface area (TPSA) is 67.9 Å². The summed E-state index contributed by atoms with van der Waals surface area (Å²) in [7, 11) is 3.02. The smallest absolute Gasteiger partial charge is 0.282 e. The molecule has 2 amide bonds. The molecule has 0 unspecified atom stereocenters. The molecule has 1 heterocycles. The summed E-state index contributed by atoms with van der Waals surface area (Å²) in [5.41, 5.74) is 2.99. The molecule has 1 aliphatic heterocycles. The molecule has 0 radical (unpaired) electrons. The van der Waals surface area contributed by atoms with Gasteiger partial charge in [-0.25, -0.2) is 4.90 Å². The number of amides is 2. The first-order chi connectivity index (χ1) is 15.4. The maximum atomic E-state index is 13.5. The molecule has 0 aliphatic carbocycles. The van der Waals surface area contributed by atoms with E-state index in [1.807, 2.05) is 37.3 Å². The van der Waals surface area contributed by atoms with Crippen molar-refractivity contribution in [3.8, 4) is 11.5 Å². The van der Waals surface area contributed by atoms with Gasteiger partial charge < -0.3 is 14.8 Å². The van der Waals surface area contributed by atoms with Crippen LogP contribution in [0, 0.1) is 6.92 Å². The predicted octanol–water partition coefficient (Wildman–Crippen LogP) is 5.06. The molecule has 6 nitrogen and oxygen atoms in total. The number of hydrogen-bond donors (Lipinski definition) is 1. The fourth-order valence-electron chi connectivity index (χ4n) is 3.53. The van der Waals surface area contributed by atoms with Crippen LogP contribution in [0.1, 0.15) is 11.1 Å². The maximum absolute atomic E-state index is 13.5. The van der Waals surface area contributed by atoms with Gasteiger partial charge in [-0.05, 0) is 42.3 Å². The van der Waals surface area contributed by atoms with Gasteiger partial charge in [0.15, 0.2) is 11.5 Å². The lowest BCUT2D eigenvalue weighted by Gasteiger charge is -2.17. The lowest BCUT2D eigenvalue weighted by Crippen LogP contribution is -2.32. The molecule has 32 heavy (non-hydrogen) atoms. The number of rotatable bonds is 6. The van der Waals surface area contributed by atoms with Crippen molar-refractivity contribution >= 4 is 40.4 Å². The number of carbonyl (C=O) groups is 2. The van der Waals surface area contributed by atoms with E-state index >= 15 is 0 Å². The van der Waals surface area contributed by atoms with Gasteiger partial charge >= 0.3 is 0 Å². The minimum absolute atomic E-state index is 0.177.